The second-order valence-corrected chi connectivity index (χ2v) is 7.38. The Morgan fingerprint density at radius 2 is 2.00 bits per heavy atom. The van der Waals surface area contributed by atoms with E-state index in [0.717, 1.165) is 32.1 Å². The lowest BCUT2D eigenvalue weighted by molar-refractivity contribution is -0.141. The van der Waals surface area contributed by atoms with E-state index < -0.39 is 5.97 Å². The van der Waals surface area contributed by atoms with Gasteiger partial charge in [0, 0.05) is 13.1 Å². The van der Waals surface area contributed by atoms with E-state index in [1.807, 2.05) is 0 Å². The van der Waals surface area contributed by atoms with Crippen molar-refractivity contribution >= 4 is 5.97 Å². The van der Waals surface area contributed by atoms with Crippen molar-refractivity contribution in [1.82, 2.24) is 10.2 Å². The number of nitrogens with zero attached hydrogens (tertiary/aromatic N) is 1. The van der Waals surface area contributed by atoms with Crippen LogP contribution in [0.3, 0.4) is 0 Å². The van der Waals surface area contributed by atoms with E-state index >= 15 is 0 Å². The van der Waals surface area contributed by atoms with Crippen LogP contribution >= 0.6 is 0 Å². The van der Waals surface area contributed by atoms with Gasteiger partial charge in [0.2, 0.25) is 0 Å². The summed E-state index contributed by atoms with van der Waals surface area (Å²) < 4.78 is 0. The van der Waals surface area contributed by atoms with Gasteiger partial charge in [-0.15, -0.1) is 0 Å². The van der Waals surface area contributed by atoms with Crippen LogP contribution in [0.25, 0.3) is 0 Å². The van der Waals surface area contributed by atoms with Crippen LogP contribution in [0.5, 0.6) is 0 Å². The Morgan fingerprint density at radius 1 is 1.32 bits per heavy atom. The summed E-state index contributed by atoms with van der Waals surface area (Å²) in [6, 6.07) is 0. The molecule has 0 aromatic rings. The van der Waals surface area contributed by atoms with Gasteiger partial charge in [0.05, 0.1) is 12.0 Å². The second kappa shape index (κ2) is 5.41. The number of aliphatic carboxylic acids is 1. The molecule has 2 aliphatic rings. The monoisotopic (exact) mass is 268 g/mol. The highest BCUT2D eigenvalue weighted by Crippen LogP contribution is 2.36. The highest BCUT2D eigenvalue weighted by molar-refractivity contribution is 5.68. The van der Waals surface area contributed by atoms with Crippen molar-refractivity contribution in [2.75, 3.05) is 26.2 Å². The van der Waals surface area contributed by atoms with E-state index in [-0.39, 0.29) is 12.0 Å². The first-order valence-corrected chi connectivity index (χ1v) is 7.51. The summed E-state index contributed by atoms with van der Waals surface area (Å²) in [5, 5.41) is 12.4. The summed E-state index contributed by atoms with van der Waals surface area (Å²) in [5.74, 6) is 0.0885. The molecule has 19 heavy (non-hydrogen) atoms. The summed E-state index contributed by atoms with van der Waals surface area (Å²) >= 11 is 0. The smallest absolute Gasteiger partial charge is 0.305 e. The summed E-state index contributed by atoms with van der Waals surface area (Å²) in [4.78, 5) is 13.6. The van der Waals surface area contributed by atoms with Gasteiger partial charge in [-0.2, -0.15) is 0 Å². The molecule has 2 aliphatic heterocycles. The predicted molar refractivity (Wildman–Crippen MR) is 76.2 cm³/mol. The number of likely N-dealkylation sites (tertiary alicyclic amines) is 1. The van der Waals surface area contributed by atoms with Gasteiger partial charge < -0.3 is 10.4 Å². The Morgan fingerprint density at radius 3 is 2.47 bits per heavy atom. The largest absolute Gasteiger partial charge is 0.481 e. The third-order valence-electron chi connectivity index (χ3n) is 5.01. The lowest BCUT2D eigenvalue weighted by Gasteiger charge is -2.50. The average Bonchev–Trinajstić information content (AvgIpc) is 2.47. The average molecular weight is 268 g/mol. The lowest BCUT2D eigenvalue weighted by Crippen LogP contribution is -2.69. The highest BCUT2D eigenvalue weighted by Gasteiger charge is 2.45. The molecule has 0 spiro atoms. The highest BCUT2D eigenvalue weighted by atomic mass is 16.4. The predicted octanol–water partition coefficient (Wildman–Crippen LogP) is 1.95. The maximum atomic E-state index is 11.1. The van der Waals surface area contributed by atoms with Gasteiger partial charge in [0.15, 0.2) is 0 Å². The molecule has 2 saturated heterocycles. The van der Waals surface area contributed by atoms with E-state index in [1.165, 1.54) is 19.3 Å². The van der Waals surface area contributed by atoms with E-state index in [0.29, 0.717) is 5.41 Å². The number of carboxylic acids is 1. The molecule has 4 nitrogen and oxygen atoms in total. The zero-order valence-corrected chi connectivity index (χ0v) is 12.5. The van der Waals surface area contributed by atoms with Crippen molar-refractivity contribution in [3.63, 3.8) is 0 Å². The fourth-order valence-corrected chi connectivity index (χ4v) is 3.59. The number of nitrogens with one attached hydrogen (secondary N) is 1. The summed E-state index contributed by atoms with van der Waals surface area (Å²) in [5.41, 5.74) is 0.256. The normalized spacial score (nSPS) is 28.5. The van der Waals surface area contributed by atoms with Crippen LogP contribution in [0.15, 0.2) is 0 Å². The number of hydrogen-bond acceptors (Lipinski definition) is 3. The Balaban J connectivity index is 2.00. The third kappa shape index (κ3) is 3.29. The quantitative estimate of drug-likeness (QED) is 0.821. The van der Waals surface area contributed by atoms with Gasteiger partial charge in [0.25, 0.3) is 0 Å². The van der Waals surface area contributed by atoms with Crippen molar-refractivity contribution in [2.45, 2.75) is 52.0 Å². The van der Waals surface area contributed by atoms with E-state index in [9.17, 15) is 4.79 Å². The maximum Gasteiger partial charge on any atom is 0.305 e. The van der Waals surface area contributed by atoms with Crippen LogP contribution in [0, 0.1) is 11.3 Å². The van der Waals surface area contributed by atoms with Gasteiger partial charge >= 0.3 is 5.97 Å². The van der Waals surface area contributed by atoms with Crippen LogP contribution in [-0.2, 0) is 4.79 Å². The van der Waals surface area contributed by atoms with Crippen molar-refractivity contribution in [3.8, 4) is 0 Å². The number of carboxylic acid groups (broad SMARTS) is 1. The topological polar surface area (TPSA) is 52.6 Å². The molecule has 2 rings (SSSR count). The fraction of sp³-hybridized carbons (Fsp3) is 0.933. The van der Waals surface area contributed by atoms with E-state index in [1.54, 1.807) is 0 Å². The summed E-state index contributed by atoms with van der Waals surface area (Å²) in [6.45, 7) is 10.7. The number of hydrogen-bond donors (Lipinski definition) is 2. The molecule has 110 valence electrons. The van der Waals surface area contributed by atoms with Crippen molar-refractivity contribution in [3.05, 3.63) is 0 Å². The van der Waals surface area contributed by atoms with Gasteiger partial charge in [-0.1, -0.05) is 20.8 Å². The third-order valence-corrected chi connectivity index (χ3v) is 5.01. The van der Waals surface area contributed by atoms with Gasteiger partial charge in [-0.05, 0) is 43.7 Å². The standard InChI is InChI=1S/C15H28N2O2/c1-14(2,3)12-5-4-7-17(8-6-12)15(9-13(18)19)10-16-11-15/h12,16H,4-11H2,1-3H3,(H,18,19). The number of rotatable bonds is 3. The van der Waals surface area contributed by atoms with Crippen molar-refractivity contribution in [1.29, 1.82) is 0 Å². The van der Waals surface area contributed by atoms with Crippen molar-refractivity contribution in [2.24, 2.45) is 11.3 Å². The molecule has 0 bridgehead atoms. The van der Waals surface area contributed by atoms with Crippen LogP contribution < -0.4 is 5.32 Å². The SMILES string of the molecule is CC(C)(C)C1CCCN(C2(CC(=O)O)CNC2)CC1. The molecule has 0 aromatic carbocycles. The number of carbonyl (C=O) groups is 1. The summed E-state index contributed by atoms with van der Waals surface area (Å²) in [7, 11) is 0. The molecule has 0 aliphatic carbocycles. The Bertz CT molecular complexity index is 332. The molecule has 0 radical (unpaired) electrons. The van der Waals surface area contributed by atoms with E-state index in [4.69, 9.17) is 5.11 Å². The first-order chi connectivity index (χ1) is 8.83. The van der Waals surface area contributed by atoms with Crippen molar-refractivity contribution < 1.29 is 9.90 Å². The fourth-order valence-electron chi connectivity index (χ4n) is 3.59. The lowest BCUT2D eigenvalue weighted by atomic mass is 9.76. The second-order valence-electron chi connectivity index (χ2n) is 7.38. The van der Waals surface area contributed by atoms with Crippen LogP contribution in [0.4, 0.5) is 0 Å². The molecular formula is C15H28N2O2. The molecule has 2 heterocycles. The Labute approximate surface area is 116 Å². The summed E-state index contributed by atoms with van der Waals surface area (Å²) in [6.07, 6.45) is 3.95. The molecule has 1 atom stereocenters. The van der Waals surface area contributed by atoms with E-state index in [2.05, 4.69) is 31.0 Å². The molecule has 0 aromatic heterocycles. The molecule has 2 N–H and O–H groups in total. The molecule has 1 unspecified atom stereocenters. The van der Waals surface area contributed by atoms with Gasteiger partial charge in [-0.25, -0.2) is 0 Å². The molecule has 0 amide bonds. The van der Waals surface area contributed by atoms with Crippen LogP contribution in [0.1, 0.15) is 46.5 Å². The zero-order chi connectivity index (χ0) is 14.1. The minimum atomic E-state index is -0.668. The van der Waals surface area contributed by atoms with Crippen LogP contribution in [0.2, 0.25) is 0 Å². The van der Waals surface area contributed by atoms with Gasteiger partial charge in [0.1, 0.15) is 0 Å². The first-order valence-electron chi connectivity index (χ1n) is 7.51. The van der Waals surface area contributed by atoms with Crippen LogP contribution in [-0.4, -0.2) is 47.7 Å². The maximum absolute atomic E-state index is 11.1. The van der Waals surface area contributed by atoms with Gasteiger partial charge in [-0.3, -0.25) is 9.69 Å². The Hall–Kier alpha value is -0.610. The zero-order valence-electron chi connectivity index (χ0n) is 12.5. The molecule has 0 saturated carbocycles. The minimum Gasteiger partial charge on any atom is -0.481 e. The molecule has 2 fully saturated rings. The molecular weight excluding hydrogens is 240 g/mol. The Kier molecular flexibility index (Phi) is 4.21. The first kappa shape index (κ1) is 14.8. The molecule has 4 heteroatoms. The minimum absolute atomic E-state index is 0.112.